The van der Waals surface area contributed by atoms with Crippen molar-refractivity contribution in [2.24, 2.45) is 5.84 Å². The Kier molecular flexibility index (Phi) is 2.94. The fourth-order valence-corrected chi connectivity index (χ4v) is 1.77. The number of alkyl halides is 3. The lowest BCUT2D eigenvalue weighted by molar-refractivity contribution is -0.0610. The molecule has 0 heterocycles. The Bertz CT molecular complexity index is 480. The zero-order chi connectivity index (χ0) is 13.5. The number of nitrogens with two attached hydrogens (primary N) is 2. The van der Waals surface area contributed by atoms with Gasteiger partial charge in [-0.05, 0) is 36.5 Å². The van der Waals surface area contributed by atoms with Gasteiger partial charge in [0.05, 0.1) is 5.69 Å². The van der Waals surface area contributed by atoms with E-state index in [0.29, 0.717) is 16.3 Å². The molecule has 1 aliphatic carbocycles. The summed E-state index contributed by atoms with van der Waals surface area (Å²) in [5.41, 5.74) is 6.74. The highest BCUT2D eigenvalue weighted by atomic mass is 19.4. The summed E-state index contributed by atoms with van der Waals surface area (Å²) in [6.45, 7) is 0. The van der Waals surface area contributed by atoms with Crippen molar-refractivity contribution in [2.45, 2.75) is 24.9 Å². The van der Waals surface area contributed by atoms with E-state index in [0.717, 1.165) is 12.8 Å². The first-order valence-corrected chi connectivity index (χ1v) is 5.40. The number of hydrogen-bond acceptors (Lipinski definition) is 3. The molecular weight excluding hydrogens is 245 g/mol. The molecule has 0 bridgehead atoms. The molecule has 1 aliphatic rings. The van der Waals surface area contributed by atoms with Gasteiger partial charge in [-0.15, -0.1) is 0 Å². The highest BCUT2D eigenvalue weighted by molar-refractivity contribution is 5.99. The average molecular weight is 258 g/mol. The molecule has 7 heteroatoms. The lowest BCUT2D eigenvalue weighted by Gasteiger charge is -2.23. The summed E-state index contributed by atoms with van der Waals surface area (Å²) in [6.07, 6.45) is -2.94. The van der Waals surface area contributed by atoms with E-state index in [2.05, 4.69) is 0 Å². The number of nitrogen functional groups attached to an aromatic ring is 1. The van der Waals surface area contributed by atoms with E-state index in [1.54, 1.807) is 12.1 Å². The predicted octanol–water partition coefficient (Wildman–Crippen LogP) is 2.37. The molecule has 0 spiro atoms. The Hall–Kier alpha value is -1.76. The van der Waals surface area contributed by atoms with Gasteiger partial charge < -0.3 is 5.73 Å². The van der Waals surface area contributed by atoms with Gasteiger partial charge in [0.2, 0.25) is 5.84 Å². The number of nitrogens with one attached hydrogen (secondary N) is 1. The van der Waals surface area contributed by atoms with Crippen molar-refractivity contribution in [1.82, 2.24) is 0 Å². The van der Waals surface area contributed by atoms with Crippen LogP contribution in [0.25, 0.3) is 0 Å². The fourth-order valence-electron chi connectivity index (χ4n) is 1.77. The first-order chi connectivity index (χ1) is 8.30. The van der Waals surface area contributed by atoms with Gasteiger partial charge in [0.1, 0.15) is 0 Å². The largest absolute Gasteiger partial charge is 0.450 e. The third-order valence-corrected chi connectivity index (χ3v) is 2.84. The van der Waals surface area contributed by atoms with Crippen LogP contribution in [-0.2, 0) is 0 Å². The van der Waals surface area contributed by atoms with Gasteiger partial charge in [0.15, 0.2) is 0 Å². The van der Waals surface area contributed by atoms with Crippen LogP contribution >= 0.6 is 0 Å². The topological polar surface area (TPSA) is 79.1 Å². The Morgan fingerprint density at radius 1 is 1.33 bits per heavy atom. The zero-order valence-corrected chi connectivity index (χ0v) is 9.46. The smallest absolute Gasteiger partial charge is 0.399 e. The van der Waals surface area contributed by atoms with Crippen LogP contribution in [0.5, 0.6) is 0 Å². The third kappa shape index (κ3) is 2.40. The van der Waals surface area contributed by atoms with E-state index >= 15 is 0 Å². The van der Waals surface area contributed by atoms with Crippen LogP contribution in [0.4, 0.5) is 24.5 Å². The van der Waals surface area contributed by atoms with Crippen LogP contribution in [0.3, 0.4) is 0 Å². The van der Waals surface area contributed by atoms with E-state index in [-0.39, 0.29) is 11.6 Å². The van der Waals surface area contributed by atoms with Crippen LogP contribution in [-0.4, -0.2) is 12.0 Å². The van der Waals surface area contributed by atoms with Crippen molar-refractivity contribution < 1.29 is 13.2 Å². The molecule has 0 saturated heterocycles. The lowest BCUT2D eigenvalue weighted by atomic mass is 10.1. The molecule has 1 aromatic carbocycles. The number of hydrogen-bond donors (Lipinski definition) is 3. The maximum absolute atomic E-state index is 12.5. The molecule has 1 aromatic rings. The van der Waals surface area contributed by atoms with Gasteiger partial charge >= 0.3 is 6.18 Å². The van der Waals surface area contributed by atoms with Crippen molar-refractivity contribution in [3.63, 3.8) is 0 Å². The maximum atomic E-state index is 12.5. The first-order valence-electron chi connectivity index (χ1n) is 5.40. The summed E-state index contributed by atoms with van der Waals surface area (Å²) < 4.78 is 37.4. The van der Waals surface area contributed by atoms with Crippen molar-refractivity contribution in [3.05, 3.63) is 23.8 Å². The van der Waals surface area contributed by atoms with Crippen LogP contribution in [0.2, 0.25) is 0 Å². The number of amidine groups is 1. The van der Waals surface area contributed by atoms with Crippen LogP contribution in [0.15, 0.2) is 18.2 Å². The molecule has 0 aliphatic heterocycles. The summed E-state index contributed by atoms with van der Waals surface area (Å²) in [6, 6.07) is 4.67. The molecule has 2 rings (SSSR count). The van der Waals surface area contributed by atoms with E-state index in [1.807, 2.05) is 0 Å². The second kappa shape index (κ2) is 4.16. The molecule has 1 saturated carbocycles. The monoisotopic (exact) mass is 258 g/mol. The van der Waals surface area contributed by atoms with Gasteiger partial charge in [0.25, 0.3) is 0 Å². The standard InChI is InChI=1S/C11H13F3N4/c12-11(13,14)10(16)18(17)9-5-7(15)3-4-8(9)6-1-2-6/h3-6,16H,1-2,15,17H2. The van der Waals surface area contributed by atoms with Gasteiger partial charge in [-0.25, -0.2) is 5.84 Å². The van der Waals surface area contributed by atoms with Gasteiger partial charge in [0, 0.05) is 5.69 Å². The summed E-state index contributed by atoms with van der Waals surface area (Å²) in [5, 5.41) is 7.40. The zero-order valence-electron chi connectivity index (χ0n) is 9.46. The minimum atomic E-state index is -4.78. The van der Waals surface area contributed by atoms with Gasteiger partial charge in [-0.3, -0.25) is 10.4 Å². The second-order valence-corrected chi connectivity index (χ2v) is 4.31. The number of halogens is 3. The number of rotatable bonds is 2. The van der Waals surface area contributed by atoms with E-state index in [1.165, 1.54) is 6.07 Å². The first kappa shape index (κ1) is 12.7. The van der Waals surface area contributed by atoms with E-state index in [4.69, 9.17) is 17.0 Å². The van der Waals surface area contributed by atoms with Crippen LogP contribution < -0.4 is 16.6 Å². The molecule has 1 fully saturated rings. The summed E-state index contributed by atoms with van der Waals surface area (Å²) in [4.78, 5) is 0. The van der Waals surface area contributed by atoms with E-state index < -0.39 is 12.0 Å². The second-order valence-electron chi connectivity index (χ2n) is 4.31. The van der Waals surface area contributed by atoms with Crippen molar-refractivity contribution >= 4 is 17.2 Å². The Balaban J connectivity index is 2.37. The highest BCUT2D eigenvalue weighted by Crippen LogP contribution is 2.44. The van der Waals surface area contributed by atoms with Crippen molar-refractivity contribution in [1.29, 1.82) is 5.41 Å². The molecular formula is C11H13F3N4. The lowest BCUT2D eigenvalue weighted by Crippen LogP contribution is -2.45. The molecule has 0 unspecified atom stereocenters. The summed E-state index contributed by atoms with van der Waals surface area (Å²) >= 11 is 0. The number of nitrogens with zero attached hydrogens (tertiary/aromatic N) is 1. The van der Waals surface area contributed by atoms with Crippen LogP contribution in [0.1, 0.15) is 24.3 Å². The minimum Gasteiger partial charge on any atom is -0.399 e. The normalized spacial score (nSPS) is 15.6. The molecule has 5 N–H and O–H groups in total. The molecule has 0 amide bonds. The van der Waals surface area contributed by atoms with E-state index in [9.17, 15) is 13.2 Å². The number of anilines is 2. The minimum absolute atomic E-state index is 0.153. The molecule has 0 atom stereocenters. The molecule has 98 valence electrons. The molecule has 18 heavy (non-hydrogen) atoms. The van der Waals surface area contributed by atoms with Crippen molar-refractivity contribution in [3.8, 4) is 0 Å². The highest BCUT2D eigenvalue weighted by Gasteiger charge is 2.39. The Labute approximate surface area is 102 Å². The quantitative estimate of drug-likeness (QED) is 0.250. The van der Waals surface area contributed by atoms with Crippen LogP contribution in [0, 0.1) is 5.41 Å². The summed E-state index contributed by atoms with van der Waals surface area (Å²) in [7, 11) is 0. The average Bonchev–Trinajstić information content (AvgIpc) is 3.09. The van der Waals surface area contributed by atoms with Crippen molar-refractivity contribution in [2.75, 3.05) is 10.7 Å². The number of hydrazine groups is 1. The molecule has 4 nitrogen and oxygen atoms in total. The summed E-state index contributed by atoms with van der Waals surface area (Å²) in [5.74, 6) is 4.01. The predicted molar refractivity (Wildman–Crippen MR) is 63.3 cm³/mol. The maximum Gasteiger partial charge on any atom is 0.450 e. The molecule has 0 radical (unpaired) electrons. The fraction of sp³-hybridized carbons (Fsp3) is 0.364. The third-order valence-electron chi connectivity index (χ3n) is 2.84. The molecule has 0 aromatic heterocycles. The SMILES string of the molecule is N=C(N(N)c1cc(N)ccc1C1CC1)C(F)(F)F. The number of benzene rings is 1. The Morgan fingerprint density at radius 3 is 2.44 bits per heavy atom. The van der Waals surface area contributed by atoms with Gasteiger partial charge in [-0.1, -0.05) is 6.07 Å². The van der Waals surface area contributed by atoms with Gasteiger partial charge in [-0.2, -0.15) is 13.2 Å². The Morgan fingerprint density at radius 2 is 1.94 bits per heavy atom.